The van der Waals surface area contributed by atoms with Gasteiger partial charge >= 0.3 is 5.97 Å². The highest BCUT2D eigenvalue weighted by Gasteiger charge is 2.66. The standard InChI is InChI=1S/C13H23NO4/c1-8(2)18-7-6-14(5)11(15)9-10(12(16)17)13(9,3)4/h8-10H,6-7H2,1-5H3,(H,16,17). The molecule has 1 saturated carbocycles. The largest absolute Gasteiger partial charge is 0.481 e. The third-order valence-electron chi connectivity index (χ3n) is 3.61. The van der Waals surface area contributed by atoms with Gasteiger partial charge in [0.15, 0.2) is 0 Å². The Labute approximate surface area is 108 Å². The number of carbonyl (C=O) groups excluding carboxylic acids is 1. The van der Waals surface area contributed by atoms with Crippen molar-refractivity contribution >= 4 is 11.9 Å². The second-order valence-corrected chi connectivity index (χ2v) is 5.79. The van der Waals surface area contributed by atoms with Crippen molar-refractivity contribution in [1.82, 2.24) is 4.90 Å². The van der Waals surface area contributed by atoms with Crippen LogP contribution in [0.4, 0.5) is 0 Å². The molecule has 5 nitrogen and oxygen atoms in total. The molecule has 2 atom stereocenters. The maximum Gasteiger partial charge on any atom is 0.307 e. The minimum atomic E-state index is -0.884. The molecule has 0 radical (unpaired) electrons. The molecule has 18 heavy (non-hydrogen) atoms. The van der Waals surface area contributed by atoms with Crippen molar-refractivity contribution in [3.05, 3.63) is 0 Å². The molecule has 1 rings (SSSR count). The molecule has 1 aliphatic carbocycles. The maximum absolute atomic E-state index is 12.1. The van der Waals surface area contributed by atoms with Crippen LogP contribution in [0.25, 0.3) is 0 Å². The van der Waals surface area contributed by atoms with E-state index in [9.17, 15) is 9.59 Å². The summed E-state index contributed by atoms with van der Waals surface area (Å²) in [4.78, 5) is 24.7. The van der Waals surface area contributed by atoms with Crippen LogP contribution in [-0.4, -0.2) is 48.2 Å². The molecule has 0 spiro atoms. The molecule has 0 aliphatic heterocycles. The fourth-order valence-electron chi connectivity index (χ4n) is 2.33. The first-order valence-corrected chi connectivity index (χ1v) is 6.29. The summed E-state index contributed by atoms with van der Waals surface area (Å²) < 4.78 is 5.38. The van der Waals surface area contributed by atoms with Crippen LogP contribution in [0.1, 0.15) is 27.7 Å². The fraction of sp³-hybridized carbons (Fsp3) is 0.846. The molecule has 1 fully saturated rings. The van der Waals surface area contributed by atoms with Crippen LogP contribution < -0.4 is 0 Å². The van der Waals surface area contributed by atoms with Crippen molar-refractivity contribution in [2.75, 3.05) is 20.2 Å². The van der Waals surface area contributed by atoms with Crippen molar-refractivity contribution in [2.24, 2.45) is 17.3 Å². The summed E-state index contributed by atoms with van der Waals surface area (Å²) in [6, 6.07) is 0. The zero-order valence-corrected chi connectivity index (χ0v) is 11.8. The predicted molar refractivity (Wildman–Crippen MR) is 67.1 cm³/mol. The van der Waals surface area contributed by atoms with E-state index in [1.54, 1.807) is 11.9 Å². The molecule has 0 aromatic rings. The number of hydrogen-bond acceptors (Lipinski definition) is 3. The van der Waals surface area contributed by atoms with Crippen molar-refractivity contribution < 1.29 is 19.4 Å². The van der Waals surface area contributed by atoms with Gasteiger partial charge in [0.05, 0.1) is 24.5 Å². The number of ether oxygens (including phenoxy) is 1. The Morgan fingerprint density at radius 1 is 1.33 bits per heavy atom. The van der Waals surface area contributed by atoms with Crippen LogP contribution in [0, 0.1) is 17.3 Å². The van der Waals surface area contributed by atoms with Crippen molar-refractivity contribution in [1.29, 1.82) is 0 Å². The summed E-state index contributed by atoms with van der Waals surface area (Å²) in [5.74, 6) is -1.94. The molecular weight excluding hydrogens is 234 g/mol. The zero-order chi connectivity index (χ0) is 14.1. The second-order valence-electron chi connectivity index (χ2n) is 5.79. The van der Waals surface area contributed by atoms with Gasteiger partial charge in [0.2, 0.25) is 5.91 Å². The number of carbonyl (C=O) groups is 2. The average Bonchev–Trinajstić information content (AvgIpc) is 2.79. The lowest BCUT2D eigenvalue weighted by atomic mass is 10.1. The number of carboxylic acid groups (broad SMARTS) is 1. The molecule has 1 aliphatic rings. The first-order chi connectivity index (χ1) is 8.19. The van der Waals surface area contributed by atoms with E-state index in [2.05, 4.69) is 0 Å². The zero-order valence-electron chi connectivity index (χ0n) is 11.8. The minimum Gasteiger partial charge on any atom is -0.481 e. The monoisotopic (exact) mass is 257 g/mol. The van der Waals surface area contributed by atoms with Crippen LogP contribution in [0.15, 0.2) is 0 Å². The van der Waals surface area contributed by atoms with E-state index in [1.807, 2.05) is 27.7 Å². The van der Waals surface area contributed by atoms with Gasteiger partial charge in [-0.15, -0.1) is 0 Å². The lowest BCUT2D eigenvalue weighted by Gasteiger charge is -2.18. The summed E-state index contributed by atoms with van der Waals surface area (Å²) in [6.45, 7) is 8.50. The Morgan fingerprint density at radius 3 is 2.28 bits per heavy atom. The summed E-state index contributed by atoms with van der Waals surface area (Å²) in [7, 11) is 1.69. The molecule has 5 heteroatoms. The van der Waals surface area contributed by atoms with E-state index in [0.717, 1.165) is 0 Å². The molecular formula is C13H23NO4. The quantitative estimate of drug-likeness (QED) is 0.777. The van der Waals surface area contributed by atoms with Crippen LogP contribution in [0.3, 0.4) is 0 Å². The molecule has 0 saturated heterocycles. The number of carboxylic acids is 1. The van der Waals surface area contributed by atoms with Crippen molar-refractivity contribution in [3.8, 4) is 0 Å². The fourth-order valence-corrected chi connectivity index (χ4v) is 2.33. The summed E-state index contributed by atoms with van der Waals surface area (Å²) in [5, 5.41) is 9.04. The molecule has 104 valence electrons. The number of aliphatic carboxylic acids is 1. The van der Waals surface area contributed by atoms with Gasteiger partial charge in [-0.05, 0) is 19.3 Å². The molecule has 1 amide bonds. The Bertz CT molecular complexity index is 338. The SMILES string of the molecule is CC(C)OCCN(C)C(=O)C1C(C(=O)O)C1(C)C. The molecule has 0 heterocycles. The smallest absolute Gasteiger partial charge is 0.307 e. The highest BCUT2D eigenvalue weighted by Crippen LogP contribution is 2.58. The third kappa shape index (κ3) is 3.02. The topological polar surface area (TPSA) is 66.8 Å². The van der Waals surface area contributed by atoms with Gasteiger partial charge in [0.1, 0.15) is 0 Å². The number of amides is 1. The van der Waals surface area contributed by atoms with Gasteiger partial charge in [0.25, 0.3) is 0 Å². The lowest BCUT2D eigenvalue weighted by molar-refractivity contribution is -0.141. The summed E-state index contributed by atoms with van der Waals surface area (Å²) >= 11 is 0. The first kappa shape index (κ1) is 15.0. The van der Waals surface area contributed by atoms with E-state index in [1.165, 1.54) is 0 Å². The molecule has 1 N–H and O–H groups in total. The number of hydrogen-bond donors (Lipinski definition) is 1. The lowest BCUT2D eigenvalue weighted by Crippen LogP contribution is -2.33. The second kappa shape index (κ2) is 5.26. The van der Waals surface area contributed by atoms with Crippen molar-refractivity contribution in [3.63, 3.8) is 0 Å². The van der Waals surface area contributed by atoms with Crippen LogP contribution >= 0.6 is 0 Å². The maximum atomic E-state index is 12.1. The van der Waals surface area contributed by atoms with E-state index >= 15 is 0 Å². The van der Waals surface area contributed by atoms with E-state index in [-0.39, 0.29) is 12.0 Å². The van der Waals surface area contributed by atoms with Gasteiger partial charge < -0.3 is 14.7 Å². The van der Waals surface area contributed by atoms with E-state index in [4.69, 9.17) is 9.84 Å². The van der Waals surface area contributed by atoms with Crippen LogP contribution in [-0.2, 0) is 14.3 Å². The highest BCUT2D eigenvalue weighted by molar-refractivity contribution is 5.91. The molecule has 0 aromatic heterocycles. The first-order valence-electron chi connectivity index (χ1n) is 6.29. The molecule has 0 bridgehead atoms. The van der Waals surface area contributed by atoms with Gasteiger partial charge in [-0.1, -0.05) is 13.8 Å². The Hall–Kier alpha value is -1.10. The van der Waals surface area contributed by atoms with Gasteiger partial charge in [-0.2, -0.15) is 0 Å². The Morgan fingerprint density at radius 2 is 1.89 bits per heavy atom. The van der Waals surface area contributed by atoms with Gasteiger partial charge in [-0.3, -0.25) is 9.59 Å². The number of likely N-dealkylation sites (N-methyl/N-ethyl adjacent to an activating group) is 1. The normalized spacial score (nSPS) is 25.0. The average molecular weight is 257 g/mol. The Kier molecular flexibility index (Phi) is 4.37. The Balaban J connectivity index is 2.48. The van der Waals surface area contributed by atoms with Gasteiger partial charge in [0, 0.05) is 13.6 Å². The summed E-state index contributed by atoms with van der Waals surface area (Å²) in [5.41, 5.74) is -0.434. The molecule has 0 aromatic carbocycles. The van der Waals surface area contributed by atoms with Crippen molar-refractivity contribution in [2.45, 2.75) is 33.8 Å². The summed E-state index contributed by atoms with van der Waals surface area (Å²) in [6.07, 6.45) is 0.137. The van der Waals surface area contributed by atoms with E-state index < -0.39 is 23.2 Å². The van der Waals surface area contributed by atoms with E-state index in [0.29, 0.717) is 13.2 Å². The number of rotatable bonds is 6. The highest BCUT2D eigenvalue weighted by atomic mass is 16.5. The minimum absolute atomic E-state index is 0.0974. The molecule has 2 unspecified atom stereocenters. The predicted octanol–water partition coefficient (Wildman–Crippen LogP) is 1.23. The van der Waals surface area contributed by atoms with Crippen LogP contribution in [0.2, 0.25) is 0 Å². The third-order valence-corrected chi connectivity index (χ3v) is 3.61. The number of nitrogens with zero attached hydrogens (tertiary/aromatic N) is 1. The van der Waals surface area contributed by atoms with Gasteiger partial charge in [-0.25, -0.2) is 0 Å². The van der Waals surface area contributed by atoms with Crippen LogP contribution in [0.5, 0.6) is 0 Å².